The molecule has 0 saturated heterocycles. The summed E-state index contributed by atoms with van der Waals surface area (Å²) in [5.74, 6) is -0.814. The molecule has 0 radical (unpaired) electrons. The van der Waals surface area contributed by atoms with Crippen molar-refractivity contribution in [1.29, 1.82) is 0 Å². The SMILES string of the molecule is C=C(CC(C)CC(C)(C)O)C(=O)O. The lowest BCUT2D eigenvalue weighted by molar-refractivity contribution is -0.132. The molecule has 0 saturated carbocycles. The maximum absolute atomic E-state index is 10.4. The second-order valence-electron chi connectivity index (χ2n) is 4.23. The van der Waals surface area contributed by atoms with Crippen molar-refractivity contribution in [2.45, 2.75) is 39.2 Å². The molecule has 0 aromatic rings. The fourth-order valence-corrected chi connectivity index (χ4v) is 1.43. The van der Waals surface area contributed by atoms with E-state index in [0.29, 0.717) is 12.8 Å². The van der Waals surface area contributed by atoms with E-state index in [-0.39, 0.29) is 11.5 Å². The molecule has 0 amide bonds. The standard InChI is InChI=1S/C10H18O3/c1-7(6-10(3,4)13)5-8(2)9(11)12/h7,13H,2,5-6H2,1,3-4H3,(H,11,12). The lowest BCUT2D eigenvalue weighted by Gasteiger charge is -2.21. The normalized spacial score (nSPS) is 13.8. The van der Waals surface area contributed by atoms with E-state index in [2.05, 4.69) is 6.58 Å². The van der Waals surface area contributed by atoms with Crippen LogP contribution in [-0.4, -0.2) is 21.8 Å². The number of carboxylic acids is 1. The van der Waals surface area contributed by atoms with Crippen molar-refractivity contribution < 1.29 is 15.0 Å². The Balaban J connectivity index is 3.95. The molecule has 0 heterocycles. The molecule has 0 aliphatic heterocycles. The van der Waals surface area contributed by atoms with Crippen LogP contribution in [0.4, 0.5) is 0 Å². The number of hydrogen-bond donors (Lipinski definition) is 2. The first-order valence-electron chi connectivity index (χ1n) is 4.36. The smallest absolute Gasteiger partial charge is 0.330 e. The van der Waals surface area contributed by atoms with Gasteiger partial charge >= 0.3 is 5.97 Å². The van der Waals surface area contributed by atoms with E-state index < -0.39 is 11.6 Å². The minimum Gasteiger partial charge on any atom is -0.478 e. The molecule has 3 heteroatoms. The average Bonchev–Trinajstić information content (AvgIpc) is 1.81. The number of carboxylic acid groups (broad SMARTS) is 1. The number of hydrogen-bond acceptors (Lipinski definition) is 2. The maximum Gasteiger partial charge on any atom is 0.330 e. The van der Waals surface area contributed by atoms with Crippen molar-refractivity contribution in [3.05, 3.63) is 12.2 Å². The van der Waals surface area contributed by atoms with Gasteiger partial charge in [-0.3, -0.25) is 0 Å². The lowest BCUT2D eigenvalue weighted by Crippen LogP contribution is -2.22. The van der Waals surface area contributed by atoms with Crippen molar-refractivity contribution >= 4 is 5.97 Å². The summed E-state index contributed by atoms with van der Waals surface area (Å²) in [5.41, 5.74) is -0.533. The Labute approximate surface area is 79.1 Å². The molecule has 0 rings (SSSR count). The zero-order valence-corrected chi connectivity index (χ0v) is 8.50. The van der Waals surface area contributed by atoms with Crippen LogP contribution in [0.15, 0.2) is 12.2 Å². The summed E-state index contributed by atoms with van der Waals surface area (Å²) >= 11 is 0. The third-order valence-electron chi connectivity index (χ3n) is 1.75. The highest BCUT2D eigenvalue weighted by atomic mass is 16.4. The third-order valence-corrected chi connectivity index (χ3v) is 1.75. The van der Waals surface area contributed by atoms with Gasteiger partial charge in [0, 0.05) is 5.57 Å². The highest BCUT2D eigenvalue weighted by Gasteiger charge is 2.19. The zero-order chi connectivity index (χ0) is 10.6. The molecule has 0 bridgehead atoms. The molecule has 1 atom stereocenters. The molecule has 76 valence electrons. The van der Waals surface area contributed by atoms with Crippen LogP contribution in [0, 0.1) is 5.92 Å². The maximum atomic E-state index is 10.4. The van der Waals surface area contributed by atoms with Crippen LogP contribution in [0.2, 0.25) is 0 Å². The van der Waals surface area contributed by atoms with Crippen molar-refractivity contribution in [2.75, 3.05) is 0 Å². The van der Waals surface area contributed by atoms with E-state index in [1.165, 1.54) is 0 Å². The van der Waals surface area contributed by atoms with Gasteiger partial charge in [-0.05, 0) is 32.6 Å². The van der Waals surface area contributed by atoms with Gasteiger partial charge in [0.15, 0.2) is 0 Å². The minimum atomic E-state index is -0.956. The van der Waals surface area contributed by atoms with E-state index in [1.54, 1.807) is 13.8 Å². The molecule has 1 unspecified atom stereocenters. The first-order valence-corrected chi connectivity index (χ1v) is 4.36. The molecule has 0 spiro atoms. The van der Waals surface area contributed by atoms with Crippen LogP contribution >= 0.6 is 0 Å². The fraction of sp³-hybridized carbons (Fsp3) is 0.700. The summed E-state index contributed by atoms with van der Waals surface area (Å²) in [5, 5.41) is 18.0. The second kappa shape index (κ2) is 4.42. The Kier molecular flexibility index (Phi) is 4.14. The Bertz CT molecular complexity index is 201. The minimum absolute atomic E-state index is 0.142. The molecule has 2 N–H and O–H groups in total. The van der Waals surface area contributed by atoms with Gasteiger partial charge in [0.1, 0.15) is 0 Å². The van der Waals surface area contributed by atoms with Crippen molar-refractivity contribution in [1.82, 2.24) is 0 Å². The first-order chi connectivity index (χ1) is 5.72. The van der Waals surface area contributed by atoms with Gasteiger partial charge in [-0.15, -0.1) is 0 Å². The first kappa shape index (κ1) is 12.2. The second-order valence-corrected chi connectivity index (χ2v) is 4.23. The molecule has 0 aliphatic rings. The fourth-order valence-electron chi connectivity index (χ4n) is 1.43. The Morgan fingerprint density at radius 1 is 1.54 bits per heavy atom. The van der Waals surface area contributed by atoms with Crippen LogP contribution < -0.4 is 0 Å². The summed E-state index contributed by atoms with van der Waals surface area (Å²) in [7, 11) is 0. The average molecular weight is 186 g/mol. The molecule has 13 heavy (non-hydrogen) atoms. The van der Waals surface area contributed by atoms with Gasteiger partial charge in [-0.25, -0.2) is 4.79 Å². The summed E-state index contributed by atoms with van der Waals surface area (Å²) in [6.07, 6.45) is 1.01. The number of aliphatic hydroxyl groups is 1. The van der Waals surface area contributed by atoms with Gasteiger partial charge < -0.3 is 10.2 Å². The van der Waals surface area contributed by atoms with E-state index in [0.717, 1.165) is 0 Å². The van der Waals surface area contributed by atoms with Gasteiger partial charge in [-0.2, -0.15) is 0 Å². The third kappa shape index (κ3) is 6.34. The van der Waals surface area contributed by atoms with E-state index in [1.807, 2.05) is 6.92 Å². The monoisotopic (exact) mass is 186 g/mol. The van der Waals surface area contributed by atoms with Crippen LogP contribution in [0.1, 0.15) is 33.6 Å². The number of carbonyl (C=O) groups is 1. The van der Waals surface area contributed by atoms with Crippen LogP contribution in [0.5, 0.6) is 0 Å². The number of aliphatic carboxylic acids is 1. The van der Waals surface area contributed by atoms with E-state index >= 15 is 0 Å². The topological polar surface area (TPSA) is 57.5 Å². The summed E-state index contributed by atoms with van der Waals surface area (Å²) in [6, 6.07) is 0. The molecule has 0 aromatic carbocycles. The van der Waals surface area contributed by atoms with Crippen LogP contribution in [-0.2, 0) is 4.79 Å². The summed E-state index contributed by atoms with van der Waals surface area (Å²) in [4.78, 5) is 10.4. The van der Waals surface area contributed by atoms with Crippen molar-refractivity contribution in [3.8, 4) is 0 Å². The Hall–Kier alpha value is -0.830. The van der Waals surface area contributed by atoms with Gasteiger partial charge in [0.25, 0.3) is 0 Å². The lowest BCUT2D eigenvalue weighted by atomic mass is 9.90. The molecule has 0 fully saturated rings. The summed E-state index contributed by atoms with van der Waals surface area (Å²) in [6.45, 7) is 8.78. The highest BCUT2D eigenvalue weighted by Crippen LogP contribution is 2.21. The Morgan fingerprint density at radius 2 is 2.00 bits per heavy atom. The number of rotatable bonds is 5. The Morgan fingerprint density at radius 3 is 2.31 bits per heavy atom. The van der Waals surface area contributed by atoms with Gasteiger partial charge in [-0.1, -0.05) is 13.5 Å². The zero-order valence-electron chi connectivity index (χ0n) is 8.50. The highest BCUT2D eigenvalue weighted by molar-refractivity contribution is 5.85. The van der Waals surface area contributed by atoms with Crippen molar-refractivity contribution in [2.24, 2.45) is 5.92 Å². The predicted molar refractivity (Wildman–Crippen MR) is 51.5 cm³/mol. The van der Waals surface area contributed by atoms with E-state index in [4.69, 9.17) is 5.11 Å². The largest absolute Gasteiger partial charge is 0.478 e. The van der Waals surface area contributed by atoms with Gasteiger partial charge in [0.05, 0.1) is 5.60 Å². The molecule has 3 nitrogen and oxygen atoms in total. The molecular formula is C10H18O3. The van der Waals surface area contributed by atoms with Crippen LogP contribution in [0.3, 0.4) is 0 Å². The van der Waals surface area contributed by atoms with Crippen LogP contribution in [0.25, 0.3) is 0 Å². The van der Waals surface area contributed by atoms with Gasteiger partial charge in [0.2, 0.25) is 0 Å². The molecular weight excluding hydrogens is 168 g/mol. The molecule has 0 aliphatic carbocycles. The van der Waals surface area contributed by atoms with Crippen molar-refractivity contribution in [3.63, 3.8) is 0 Å². The quantitative estimate of drug-likeness (QED) is 0.644. The molecule has 0 aromatic heterocycles. The summed E-state index contributed by atoms with van der Waals surface area (Å²) < 4.78 is 0. The van der Waals surface area contributed by atoms with E-state index in [9.17, 15) is 9.90 Å². The predicted octanol–water partition coefficient (Wildman–Crippen LogP) is 1.81.